The highest BCUT2D eigenvalue weighted by Gasteiger charge is 2.36. The molecule has 2 heterocycles. The predicted octanol–water partition coefficient (Wildman–Crippen LogP) is 3.80. The number of aliphatic imine (C=N–C) groups is 1. The second-order valence-electron chi connectivity index (χ2n) is 7.40. The smallest absolute Gasteiger partial charge is 0.406 e. The zero-order valence-electron chi connectivity index (χ0n) is 15.6. The monoisotopic (exact) mass is 407 g/mol. The number of benzene rings is 1. The summed E-state index contributed by atoms with van der Waals surface area (Å²) >= 11 is 0. The van der Waals surface area contributed by atoms with Gasteiger partial charge in [0.05, 0.1) is 5.57 Å². The summed E-state index contributed by atoms with van der Waals surface area (Å²) in [7, 11) is 0. The molecule has 154 valence electrons. The molecule has 2 N–H and O–H groups in total. The van der Waals surface area contributed by atoms with Gasteiger partial charge in [-0.3, -0.25) is 0 Å². The first-order chi connectivity index (χ1) is 13.9. The Balaban J connectivity index is 1.47. The average molecular weight is 407 g/mol. The van der Waals surface area contributed by atoms with Crippen molar-refractivity contribution in [1.29, 1.82) is 0 Å². The summed E-state index contributed by atoms with van der Waals surface area (Å²) in [6, 6.07) is 6.13. The first-order valence-corrected chi connectivity index (χ1v) is 9.60. The summed E-state index contributed by atoms with van der Waals surface area (Å²) in [5.41, 5.74) is 1.27. The molecule has 1 aromatic rings. The Hall–Kier alpha value is -2.68. The molecule has 2 aliphatic heterocycles. The van der Waals surface area contributed by atoms with E-state index in [1.54, 1.807) is 23.2 Å². The molecular formula is C20H22F3N4O2+. The average Bonchev–Trinajstić information content (AvgIpc) is 3.11. The molecule has 1 aromatic carbocycles. The molecule has 3 aliphatic rings. The van der Waals surface area contributed by atoms with Crippen molar-refractivity contribution in [3.8, 4) is 5.75 Å². The van der Waals surface area contributed by atoms with E-state index < -0.39 is 12.5 Å². The van der Waals surface area contributed by atoms with E-state index in [9.17, 15) is 18.3 Å². The molecule has 0 aromatic heterocycles. The first kappa shape index (κ1) is 19.6. The van der Waals surface area contributed by atoms with E-state index in [1.165, 1.54) is 18.2 Å². The lowest BCUT2D eigenvalue weighted by Crippen LogP contribution is -2.39. The van der Waals surface area contributed by atoms with Crippen molar-refractivity contribution in [1.82, 2.24) is 5.32 Å². The number of alkyl halides is 3. The molecule has 0 saturated heterocycles. The summed E-state index contributed by atoms with van der Waals surface area (Å²) in [6.07, 6.45) is 3.99. The van der Waals surface area contributed by atoms with Gasteiger partial charge in [-0.25, -0.2) is 0 Å². The van der Waals surface area contributed by atoms with Crippen molar-refractivity contribution >= 4 is 11.4 Å². The molecule has 1 fully saturated rings. The molecule has 0 amide bonds. The van der Waals surface area contributed by atoms with Crippen LogP contribution in [0, 0.1) is 5.92 Å². The summed E-state index contributed by atoms with van der Waals surface area (Å²) in [6.45, 7) is 0.234. The molecule has 0 radical (unpaired) electrons. The van der Waals surface area contributed by atoms with Gasteiger partial charge in [0.2, 0.25) is 6.20 Å². The third-order valence-corrected chi connectivity index (χ3v) is 5.36. The lowest BCUT2D eigenvalue weighted by Gasteiger charge is -2.28. The van der Waals surface area contributed by atoms with Crippen LogP contribution in [-0.4, -0.2) is 40.8 Å². The van der Waals surface area contributed by atoms with E-state index >= 15 is 0 Å². The maximum atomic E-state index is 12.5. The highest BCUT2D eigenvalue weighted by atomic mass is 19.4. The van der Waals surface area contributed by atoms with Gasteiger partial charge >= 0.3 is 12.5 Å². The molecular weight excluding hydrogens is 385 g/mol. The molecule has 0 spiro atoms. The predicted molar refractivity (Wildman–Crippen MR) is 100 cm³/mol. The fraction of sp³-hybridized carbons (Fsp3) is 0.450. The van der Waals surface area contributed by atoms with Gasteiger partial charge in [0.25, 0.3) is 0 Å². The standard InChI is InChI=1S/C20H22F3N4O2/c21-20(22,23)29-16-3-1-2-14(10-16)17-11-24-27-9-8-18(26-19(17)27)25-15-6-4-13(12-28)5-7-15/h1-3,8-11,13,15,19,28H,4-7,12H2,(H,25,26)/q+1. The van der Waals surface area contributed by atoms with Gasteiger partial charge in [-0.05, 0) is 54.4 Å². The van der Waals surface area contributed by atoms with Crippen LogP contribution in [0.15, 0.2) is 52.8 Å². The minimum Gasteiger partial charge on any atom is -0.406 e. The van der Waals surface area contributed by atoms with Gasteiger partial charge in [0.15, 0.2) is 0 Å². The van der Waals surface area contributed by atoms with Crippen LogP contribution < -0.4 is 10.1 Å². The van der Waals surface area contributed by atoms with Crippen molar-refractivity contribution in [2.75, 3.05) is 6.61 Å². The lowest BCUT2D eigenvalue weighted by molar-refractivity contribution is -0.542. The third-order valence-electron chi connectivity index (χ3n) is 5.36. The van der Waals surface area contributed by atoms with Crippen LogP contribution >= 0.6 is 0 Å². The summed E-state index contributed by atoms with van der Waals surface area (Å²) in [4.78, 5) is 4.71. The van der Waals surface area contributed by atoms with E-state index in [-0.39, 0.29) is 12.4 Å². The van der Waals surface area contributed by atoms with Crippen molar-refractivity contribution in [2.45, 2.75) is 44.3 Å². The minimum atomic E-state index is -4.74. The number of ether oxygens (including phenoxy) is 1. The van der Waals surface area contributed by atoms with Gasteiger partial charge in [0.1, 0.15) is 17.8 Å². The maximum Gasteiger partial charge on any atom is 0.573 e. The molecule has 0 bridgehead atoms. The summed E-state index contributed by atoms with van der Waals surface area (Å²) in [5, 5.41) is 17.0. The number of rotatable bonds is 4. The van der Waals surface area contributed by atoms with Crippen LogP contribution in [0.4, 0.5) is 13.2 Å². The Morgan fingerprint density at radius 1 is 1.21 bits per heavy atom. The molecule has 9 heteroatoms. The highest BCUT2D eigenvalue weighted by molar-refractivity contribution is 5.94. The van der Waals surface area contributed by atoms with Gasteiger partial charge in [-0.1, -0.05) is 16.8 Å². The quantitative estimate of drug-likeness (QED) is 0.746. The Bertz CT molecular complexity index is 884. The van der Waals surface area contributed by atoms with Crippen molar-refractivity contribution in [3.63, 3.8) is 0 Å². The zero-order chi connectivity index (χ0) is 20.4. The largest absolute Gasteiger partial charge is 0.573 e. The van der Waals surface area contributed by atoms with Gasteiger partial charge in [0, 0.05) is 18.7 Å². The lowest BCUT2D eigenvalue weighted by atomic mass is 9.86. The van der Waals surface area contributed by atoms with Crippen LogP contribution in [-0.2, 0) is 0 Å². The topological polar surface area (TPSA) is 69.2 Å². The van der Waals surface area contributed by atoms with Crippen molar-refractivity contribution in [3.05, 3.63) is 48.3 Å². The number of aliphatic hydroxyl groups is 1. The Morgan fingerprint density at radius 2 is 2.00 bits per heavy atom. The highest BCUT2D eigenvalue weighted by Crippen LogP contribution is 2.32. The van der Waals surface area contributed by atoms with E-state index in [2.05, 4.69) is 15.2 Å². The number of nitrogens with one attached hydrogen (secondary N) is 1. The van der Waals surface area contributed by atoms with Crippen LogP contribution in [0.1, 0.15) is 31.2 Å². The fourth-order valence-electron chi connectivity index (χ4n) is 3.85. The van der Waals surface area contributed by atoms with Gasteiger partial charge in [-0.2, -0.15) is 4.99 Å². The summed E-state index contributed by atoms with van der Waals surface area (Å²) in [5.74, 6) is 0.829. The molecule has 6 nitrogen and oxygen atoms in total. The molecule has 4 rings (SSSR count). The van der Waals surface area contributed by atoms with Crippen molar-refractivity contribution in [2.24, 2.45) is 16.0 Å². The summed E-state index contributed by atoms with van der Waals surface area (Å²) < 4.78 is 43.3. The maximum absolute atomic E-state index is 12.5. The fourth-order valence-corrected chi connectivity index (χ4v) is 3.85. The first-order valence-electron chi connectivity index (χ1n) is 9.60. The number of azo groups is 2. The SMILES string of the molecule is OCC1CCC(NC2=NC3C(c4cccc(OC(F)(F)F)c4)=CN=[N+]3C=C2)CC1. The Kier molecular flexibility index (Phi) is 5.40. The van der Waals surface area contributed by atoms with E-state index in [0.717, 1.165) is 31.5 Å². The zero-order valence-corrected chi connectivity index (χ0v) is 15.6. The number of fused-ring (bicyclic) bond motifs is 1. The number of hydrogen-bond acceptors (Lipinski definition) is 5. The minimum absolute atomic E-state index is 0.234. The molecule has 1 unspecified atom stereocenters. The van der Waals surface area contributed by atoms with Gasteiger partial charge in [-0.15, -0.1) is 13.2 Å². The molecule has 1 saturated carbocycles. The molecule has 1 atom stereocenters. The second-order valence-corrected chi connectivity index (χ2v) is 7.40. The van der Waals surface area contributed by atoms with Crippen LogP contribution in [0.3, 0.4) is 0 Å². The number of aliphatic hydroxyl groups excluding tert-OH is 1. The number of nitrogens with zero attached hydrogens (tertiary/aromatic N) is 3. The van der Waals surface area contributed by atoms with E-state index in [0.29, 0.717) is 23.1 Å². The van der Waals surface area contributed by atoms with E-state index in [4.69, 9.17) is 4.99 Å². The Morgan fingerprint density at radius 3 is 2.72 bits per heavy atom. The molecule has 1 aliphatic carbocycles. The number of hydrogen-bond donors (Lipinski definition) is 2. The van der Waals surface area contributed by atoms with Crippen molar-refractivity contribution < 1.29 is 27.7 Å². The number of halogens is 3. The van der Waals surface area contributed by atoms with Gasteiger partial charge < -0.3 is 15.2 Å². The van der Waals surface area contributed by atoms with Crippen LogP contribution in [0.2, 0.25) is 0 Å². The third kappa shape index (κ3) is 4.67. The van der Waals surface area contributed by atoms with Crippen LogP contribution in [0.25, 0.3) is 5.57 Å². The Labute approximate surface area is 166 Å². The molecule has 29 heavy (non-hydrogen) atoms. The normalized spacial score (nSPS) is 26.3. The second kappa shape index (κ2) is 7.98. The van der Waals surface area contributed by atoms with E-state index in [1.807, 2.05) is 6.08 Å². The number of amidine groups is 1. The van der Waals surface area contributed by atoms with Crippen LogP contribution in [0.5, 0.6) is 5.75 Å².